The molecule has 2 saturated heterocycles. The molecule has 4 N–H and O–H groups in total. The second-order valence-corrected chi connectivity index (χ2v) is 14.8. The largest absolute Gasteiger partial charge is 0.453 e. The van der Waals surface area contributed by atoms with E-state index in [-0.39, 0.29) is 35.2 Å². The number of nitrogens with one attached hydrogen (secondary N) is 4. The lowest BCUT2D eigenvalue weighted by atomic mass is 9.98. The van der Waals surface area contributed by atoms with Crippen LogP contribution in [-0.2, 0) is 9.53 Å². The summed E-state index contributed by atoms with van der Waals surface area (Å²) in [5, 5.41) is 17.6. The predicted molar refractivity (Wildman–Crippen MR) is 194 cm³/mol. The van der Waals surface area contributed by atoms with Crippen molar-refractivity contribution in [3.05, 3.63) is 84.7 Å². The van der Waals surface area contributed by atoms with Crippen molar-refractivity contribution in [1.29, 1.82) is 5.26 Å². The fourth-order valence-electron chi connectivity index (χ4n) is 7.74. The molecule has 51 heavy (non-hydrogen) atoms. The van der Waals surface area contributed by atoms with E-state index in [2.05, 4.69) is 92.3 Å². The lowest BCUT2D eigenvalue weighted by Gasteiger charge is -2.30. The standard InChI is InChI=1S/C40H42N8O3/c1-23(2)35(47-39(50)51-3)38(49)48-22-40(12-13-40)17-34(48)37-44-21-33(46-37)30-11-10-28-15-27(8-9-29(28)16-30)25-4-6-26(7-5-25)32-20-43-36(45-32)31-14-24(18-41)19-42-31/h4-11,15-16,20-21,23-24,31,34-35,42H,12-14,17,19,22H2,1-3H3,(H,43,45)(H,44,46)(H,47,50)/t24-,31+,34+,35+/m1/s1. The SMILES string of the molecule is COC(=O)N[C@H](C(=O)N1CC2(CC2)C[C@H]1c1ncc(-c2ccc3cc(-c4ccc(-c5cnc([C@@H]6C[C@H](C#N)CN6)[nH]5)cc4)ccc3c2)[nH]1)C(C)C. The molecule has 4 heterocycles. The number of hydrogen-bond donors (Lipinski definition) is 4. The number of carbonyl (C=O) groups is 2. The van der Waals surface area contributed by atoms with Gasteiger partial charge < -0.3 is 30.2 Å². The molecule has 2 amide bonds. The molecule has 260 valence electrons. The molecular weight excluding hydrogens is 640 g/mol. The fraction of sp³-hybridized carbons (Fsp3) is 0.375. The Bertz CT molecular complexity index is 2140. The van der Waals surface area contributed by atoms with Gasteiger partial charge in [0.25, 0.3) is 0 Å². The van der Waals surface area contributed by atoms with Crippen LogP contribution in [-0.4, -0.2) is 63.1 Å². The number of fused-ring (bicyclic) bond motifs is 1. The number of aromatic amines is 2. The number of rotatable bonds is 8. The van der Waals surface area contributed by atoms with Crippen molar-refractivity contribution >= 4 is 22.8 Å². The highest BCUT2D eigenvalue weighted by molar-refractivity contribution is 5.91. The maximum Gasteiger partial charge on any atom is 0.407 e. The number of nitriles is 1. The van der Waals surface area contributed by atoms with E-state index >= 15 is 0 Å². The molecule has 2 aromatic heterocycles. The van der Waals surface area contributed by atoms with Crippen LogP contribution in [0.5, 0.6) is 0 Å². The number of amides is 2. The topological polar surface area (TPSA) is 152 Å². The lowest BCUT2D eigenvalue weighted by molar-refractivity contribution is -0.135. The first kappa shape index (κ1) is 32.7. The van der Waals surface area contributed by atoms with Crippen molar-refractivity contribution in [2.75, 3.05) is 20.2 Å². The highest BCUT2D eigenvalue weighted by Crippen LogP contribution is 2.58. The second-order valence-electron chi connectivity index (χ2n) is 14.8. The van der Waals surface area contributed by atoms with Gasteiger partial charge in [0.2, 0.25) is 5.91 Å². The molecule has 5 aromatic rings. The summed E-state index contributed by atoms with van der Waals surface area (Å²) in [5.74, 6) is 1.49. The maximum absolute atomic E-state index is 13.8. The summed E-state index contributed by atoms with van der Waals surface area (Å²) in [6, 6.07) is 23.0. The molecule has 3 fully saturated rings. The van der Waals surface area contributed by atoms with Gasteiger partial charge in [0, 0.05) is 18.7 Å². The smallest absolute Gasteiger partial charge is 0.407 e. The number of likely N-dealkylation sites (tertiary alicyclic amines) is 1. The summed E-state index contributed by atoms with van der Waals surface area (Å²) in [5.41, 5.74) is 6.35. The van der Waals surface area contributed by atoms with Gasteiger partial charge in [-0.1, -0.05) is 62.4 Å². The zero-order valence-electron chi connectivity index (χ0n) is 29.1. The number of carbonyl (C=O) groups excluding carboxylic acids is 2. The highest BCUT2D eigenvalue weighted by atomic mass is 16.5. The number of aromatic nitrogens is 4. The Morgan fingerprint density at radius 3 is 2.22 bits per heavy atom. The Kier molecular flexibility index (Phi) is 8.35. The number of alkyl carbamates (subject to hydrolysis) is 1. The van der Waals surface area contributed by atoms with E-state index in [9.17, 15) is 14.9 Å². The van der Waals surface area contributed by atoms with Gasteiger partial charge in [-0.05, 0) is 76.6 Å². The normalized spacial score (nSPS) is 21.2. The van der Waals surface area contributed by atoms with Gasteiger partial charge in [-0.15, -0.1) is 0 Å². The molecular formula is C40H42N8O3. The summed E-state index contributed by atoms with van der Waals surface area (Å²) in [6.07, 6.45) is 6.95. The average Bonchev–Trinajstić information content (AvgIpc) is 3.68. The number of H-pyrrole nitrogens is 2. The van der Waals surface area contributed by atoms with Crippen LogP contribution in [0.1, 0.15) is 63.3 Å². The third-order valence-electron chi connectivity index (χ3n) is 11.0. The van der Waals surface area contributed by atoms with Crippen molar-refractivity contribution in [3.63, 3.8) is 0 Å². The number of hydrogen-bond acceptors (Lipinski definition) is 7. The van der Waals surface area contributed by atoms with Crippen molar-refractivity contribution < 1.29 is 14.3 Å². The van der Waals surface area contributed by atoms with Crippen molar-refractivity contribution in [3.8, 4) is 39.7 Å². The molecule has 0 unspecified atom stereocenters. The number of benzene rings is 3. The van der Waals surface area contributed by atoms with Crippen molar-refractivity contribution in [2.45, 2.75) is 57.7 Å². The van der Waals surface area contributed by atoms with E-state index in [0.717, 1.165) is 81.7 Å². The van der Waals surface area contributed by atoms with Crippen LogP contribution in [0.15, 0.2) is 73.1 Å². The lowest BCUT2D eigenvalue weighted by Crippen LogP contribution is -2.51. The fourth-order valence-corrected chi connectivity index (χ4v) is 7.74. The molecule has 1 spiro atoms. The third kappa shape index (κ3) is 6.36. The summed E-state index contributed by atoms with van der Waals surface area (Å²) in [7, 11) is 1.31. The van der Waals surface area contributed by atoms with Gasteiger partial charge in [-0.3, -0.25) is 4.79 Å². The minimum Gasteiger partial charge on any atom is -0.453 e. The second kappa shape index (κ2) is 13.0. The van der Waals surface area contributed by atoms with Gasteiger partial charge in [-0.25, -0.2) is 14.8 Å². The predicted octanol–water partition coefficient (Wildman–Crippen LogP) is 6.90. The van der Waals surface area contributed by atoms with Gasteiger partial charge in [-0.2, -0.15) is 5.26 Å². The van der Waals surface area contributed by atoms with Crippen molar-refractivity contribution in [1.82, 2.24) is 35.5 Å². The Morgan fingerprint density at radius 2 is 1.55 bits per heavy atom. The molecule has 0 bridgehead atoms. The van der Waals surface area contributed by atoms with Crippen LogP contribution >= 0.6 is 0 Å². The minimum atomic E-state index is -0.671. The van der Waals surface area contributed by atoms with Crippen LogP contribution in [0, 0.1) is 28.6 Å². The maximum atomic E-state index is 13.8. The van der Waals surface area contributed by atoms with E-state index in [4.69, 9.17) is 9.72 Å². The molecule has 3 aromatic carbocycles. The van der Waals surface area contributed by atoms with E-state index in [0.29, 0.717) is 13.1 Å². The number of nitrogens with zero attached hydrogens (tertiary/aromatic N) is 4. The summed E-state index contributed by atoms with van der Waals surface area (Å²) in [4.78, 5) is 44.2. The molecule has 3 aliphatic rings. The van der Waals surface area contributed by atoms with E-state index in [1.807, 2.05) is 31.1 Å². The zero-order chi connectivity index (χ0) is 35.3. The zero-order valence-corrected chi connectivity index (χ0v) is 29.1. The molecule has 4 atom stereocenters. The third-order valence-corrected chi connectivity index (χ3v) is 11.0. The highest BCUT2D eigenvalue weighted by Gasteiger charge is 2.55. The van der Waals surface area contributed by atoms with Gasteiger partial charge in [0.1, 0.15) is 17.7 Å². The Balaban J connectivity index is 0.980. The summed E-state index contributed by atoms with van der Waals surface area (Å²) < 4.78 is 4.81. The van der Waals surface area contributed by atoms with Crippen LogP contribution in [0.2, 0.25) is 0 Å². The number of imidazole rings is 2. The molecule has 1 saturated carbocycles. The first-order valence-electron chi connectivity index (χ1n) is 17.8. The van der Waals surface area contributed by atoms with Crippen LogP contribution in [0.3, 0.4) is 0 Å². The van der Waals surface area contributed by atoms with Gasteiger partial charge in [0.15, 0.2) is 0 Å². The molecule has 0 radical (unpaired) electrons. The Morgan fingerprint density at radius 1 is 0.922 bits per heavy atom. The number of methoxy groups -OCH3 is 1. The first-order chi connectivity index (χ1) is 24.7. The Hall–Kier alpha value is -5.47. The molecule has 2 aliphatic heterocycles. The Labute approximate surface area is 296 Å². The minimum absolute atomic E-state index is 0.0269. The quantitative estimate of drug-likeness (QED) is 0.139. The molecule has 1 aliphatic carbocycles. The van der Waals surface area contributed by atoms with Crippen LogP contribution in [0.25, 0.3) is 44.4 Å². The van der Waals surface area contributed by atoms with Crippen LogP contribution < -0.4 is 10.6 Å². The molecule has 11 heteroatoms. The first-order valence-corrected chi connectivity index (χ1v) is 17.8. The van der Waals surface area contributed by atoms with Gasteiger partial charge in [0.05, 0.1) is 55.0 Å². The van der Waals surface area contributed by atoms with Gasteiger partial charge >= 0.3 is 6.09 Å². The van der Waals surface area contributed by atoms with E-state index in [1.54, 1.807) is 0 Å². The van der Waals surface area contributed by atoms with Crippen LogP contribution in [0.4, 0.5) is 4.79 Å². The summed E-state index contributed by atoms with van der Waals surface area (Å²) >= 11 is 0. The monoisotopic (exact) mass is 682 g/mol. The van der Waals surface area contributed by atoms with Crippen molar-refractivity contribution in [2.24, 2.45) is 17.3 Å². The van der Waals surface area contributed by atoms with E-state index < -0.39 is 12.1 Å². The molecule has 11 nitrogen and oxygen atoms in total. The summed E-state index contributed by atoms with van der Waals surface area (Å²) in [6.45, 7) is 5.23. The van der Waals surface area contributed by atoms with E-state index in [1.165, 1.54) is 7.11 Å². The average molecular weight is 683 g/mol. The number of ether oxygens (including phenoxy) is 1. The molecule has 8 rings (SSSR count).